The summed E-state index contributed by atoms with van der Waals surface area (Å²) < 4.78 is 10.9. The molecule has 0 amide bonds. The van der Waals surface area contributed by atoms with Gasteiger partial charge in [-0.05, 0) is 17.7 Å². The van der Waals surface area contributed by atoms with Crippen LogP contribution in [0.15, 0.2) is 24.3 Å². The molecule has 1 unspecified atom stereocenters. The van der Waals surface area contributed by atoms with Crippen LogP contribution in [0.25, 0.3) is 0 Å². The Morgan fingerprint density at radius 3 is 2.53 bits per heavy atom. The van der Waals surface area contributed by atoms with Crippen LogP contribution in [0, 0.1) is 5.41 Å². The molecule has 0 saturated carbocycles. The van der Waals surface area contributed by atoms with Gasteiger partial charge in [-0.2, -0.15) is 0 Å². The van der Waals surface area contributed by atoms with Crippen molar-refractivity contribution in [3.63, 3.8) is 0 Å². The number of cyclic esters (lactones) is 1. The maximum atomic E-state index is 11.8. The van der Waals surface area contributed by atoms with Crippen molar-refractivity contribution in [2.75, 3.05) is 0 Å². The third kappa shape index (κ3) is 2.61. The highest BCUT2D eigenvalue weighted by molar-refractivity contribution is 6.30. The summed E-state index contributed by atoms with van der Waals surface area (Å²) in [7, 11) is 0. The van der Waals surface area contributed by atoms with E-state index in [0.717, 1.165) is 5.56 Å². The zero-order valence-electron chi connectivity index (χ0n) is 10.1. The standard InChI is InChI=1S/C13H15ClO3/c1-13(2,3)12-16-10(11(15)17-12)8-5-4-6-9(14)7-8/h4-7,10,12H,1-3H3/t10?,12-/m0/s1. The molecule has 1 saturated heterocycles. The summed E-state index contributed by atoms with van der Waals surface area (Å²) in [5, 5.41) is 0.582. The Balaban J connectivity index is 2.22. The lowest BCUT2D eigenvalue weighted by atomic mass is 9.96. The van der Waals surface area contributed by atoms with Crippen molar-refractivity contribution in [1.82, 2.24) is 0 Å². The number of carbonyl (C=O) groups excluding carboxylic acids is 1. The van der Waals surface area contributed by atoms with E-state index in [1.807, 2.05) is 26.8 Å². The molecule has 1 aromatic rings. The molecule has 0 aromatic heterocycles. The minimum atomic E-state index is -0.669. The summed E-state index contributed by atoms with van der Waals surface area (Å²) in [5.74, 6) is -0.354. The molecule has 1 aromatic carbocycles. The van der Waals surface area contributed by atoms with Crippen molar-refractivity contribution in [3.8, 4) is 0 Å². The van der Waals surface area contributed by atoms with E-state index in [1.54, 1.807) is 18.2 Å². The number of rotatable bonds is 1. The number of esters is 1. The topological polar surface area (TPSA) is 35.5 Å². The van der Waals surface area contributed by atoms with Gasteiger partial charge in [-0.15, -0.1) is 0 Å². The van der Waals surface area contributed by atoms with Gasteiger partial charge in [0.25, 0.3) is 0 Å². The first-order valence-electron chi connectivity index (χ1n) is 5.49. The van der Waals surface area contributed by atoms with Gasteiger partial charge in [0.1, 0.15) is 0 Å². The molecule has 1 aliphatic heterocycles. The van der Waals surface area contributed by atoms with Gasteiger partial charge in [-0.1, -0.05) is 44.5 Å². The lowest BCUT2D eigenvalue weighted by Crippen LogP contribution is -2.27. The van der Waals surface area contributed by atoms with Crippen LogP contribution in [0.2, 0.25) is 5.02 Å². The molecular formula is C13H15ClO3. The van der Waals surface area contributed by atoms with Gasteiger partial charge >= 0.3 is 5.97 Å². The van der Waals surface area contributed by atoms with Crippen molar-refractivity contribution in [2.45, 2.75) is 33.2 Å². The van der Waals surface area contributed by atoms with E-state index in [1.165, 1.54) is 0 Å². The first kappa shape index (κ1) is 12.4. The van der Waals surface area contributed by atoms with Crippen molar-refractivity contribution in [3.05, 3.63) is 34.9 Å². The fourth-order valence-corrected chi connectivity index (χ4v) is 1.84. The highest BCUT2D eigenvalue weighted by atomic mass is 35.5. The van der Waals surface area contributed by atoms with Crippen LogP contribution in [-0.2, 0) is 14.3 Å². The highest BCUT2D eigenvalue weighted by Gasteiger charge is 2.42. The normalized spacial score (nSPS) is 24.8. The SMILES string of the molecule is CC(C)(C)[C@@H]1OC(=O)C(c2cccc(Cl)c2)O1. The predicted molar refractivity (Wildman–Crippen MR) is 64.6 cm³/mol. The molecule has 0 aliphatic carbocycles. The van der Waals surface area contributed by atoms with Gasteiger partial charge in [0.15, 0.2) is 6.10 Å². The zero-order valence-corrected chi connectivity index (χ0v) is 10.8. The van der Waals surface area contributed by atoms with Crippen molar-refractivity contribution >= 4 is 17.6 Å². The molecule has 3 nitrogen and oxygen atoms in total. The molecule has 0 N–H and O–H groups in total. The summed E-state index contributed by atoms with van der Waals surface area (Å²) in [6.07, 6.45) is -1.18. The fourth-order valence-electron chi connectivity index (χ4n) is 1.64. The predicted octanol–water partition coefficient (Wildman–Crippen LogP) is 3.33. The Bertz CT molecular complexity index is 437. The Kier molecular flexibility index (Phi) is 3.15. The minimum absolute atomic E-state index is 0.233. The first-order valence-corrected chi connectivity index (χ1v) is 5.87. The fraction of sp³-hybridized carbons (Fsp3) is 0.462. The summed E-state index contributed by atoms with van der Waals surface area (Å²) in [6, 6.07) is 7.08. The van der Waals surface area contributed by atoms with E-state index < -0.39 is 12.4 Å². The first-order chi connectivity index (χ1) is 7.88. The number of halogens is 1. The van der Waals surface area contributed by atoms with Crippen molar-refractivity contribution in [1.29, 1.82) is 0 Å². The smallest absolute Gasteiger partial charge is 0.342 e. The molecule has 1 aliphatic rings. The summed E-state index contributed by atoms with van der Waals surface area (Å²) >= 11 is 5.89. The average Bonchev–Trinajstić information content (AvgIpc) is 2.60. The van der Waals surface area contributed by atoms with Gasteiger partial charge in [0.2, 0.25) is 6.29 Å². The maximum absolute atomic E-state index is 11.8. The number of benzene rings is 1. The molecule has 1 heterocycles. The van der Waals surface area contributed by atoms with Crippen LogP contribution in [0.1, 0.15) is 32.4 Å². The molecule has 17 heavy (non-hydrogen) atoms. The summed E-state index contributed by atoms with van der Waals surface area (Å²) in [4.78, 5) is 11.8. The third-order valence-corrected chi connectivity index (χ3v) is 2.79. The minimum Gasteiger partial charge on any atom is -0.433 e. The molecule has 92 valence electrons. The Hall–Kier alpha value is -1.06. The summed E-state index contributed by atoms with van der Waals surface area (Å²) in [6.45, 7) is 5.89. The number of ether oxygens (including phenoxy) is 2. The molecule has 2 rings (SSSR count). The van der Waals surface area contributed by atoms with E-state index in [-0.39, 0.29) is 11.4 Å². The molecule has 0 radical (unpaired) electrons. The maximum Gasteiger partial charge on any atom is 0.342 e. The van der Waals surface area contributed by atoms with Crippen molar-refractivity contribution < 1.29 is 14.3 Å². The van der Waals surface area contributed by atoms with Crippen LogP contribution < -0.4 is 0 Å². The lowest BCUT2D eigenvalue weighted by Gasteiger charge is -2.24. The quantitative estimate of drug-likeness (QED) is 0.721. The Morgan fingerprint density at radius 2 is 2.00 bits per heavy atom. The Morgan fingerprint density at radius 1 is 1.29 bits per heavy atom. The molecule has 0 spiro atoms. The monoisotopic (exact) mass is 254 g/mol. The van der Waals surface area contributed by atoms with E-state index >= 15 is 0 Å². The van der Waals surface area contributed by atoms with Gasteiger partial charge in [-0.3, -0.25) is 0 Å². The van der Waals surface area contributed by atoms with Crippen LogP contribution in [-0.4, -0.2) is 12.3 Å². The van der Waals surface area contributed by atoms with E-state index in [2.05, 4.69) is 0 Å². The van der Waals surface area contributed by atoms with Crippen LogP contribution >= 0.6 is 11.6 Å². The van der Waals surface area contributed by atoms with Gasteiger partial charge in [0.05, 0.1) is 0 Å². The third-order valence-electron chi connectivity index (χ3n) is 2.56. The van der Waals surface area contributed by atoms with E-state index in [4.69, 9.17) is 21.1 Å². The second kappa shape index (κ2) is 4.31. The number of hydrogen-bond donors (Lipinski definition) is 0. The van der Waals surface area contributed by atoms with Crippen LogP contribution in [0.5, 0.6) is 0 Å². The number of hydrogen-bond acceptors (Lipinski definition) is 3. The van der Waals surface area contributed by atoms with E-state index in [0.29, 0.717) is 5.02 Å². The van der Waals surface area contributed by atoms with Gasteiger partial charge in [0, 0.05) is 10.4 Å². The molecule has 4 heteroatoms. The second-order valence-corrected chi connectivity index (χ2v) is 5.64. The number of carbonyl (C=O) groups is 1. The molecule has 0 bridgehead atoms. The highest BCUT2D eigenvalue weighted by Crippen LogP contribution is 2.36. The van der Waals surface area contributed by atoms with Gasteiger partial charge < -0.3 is 9.47 Å². The van der Waals surface area contributed by atoms with Crippen LogP contribution in [0.4, 0.5) is 0 Å². The second-order valence-electron chi connectivity index (χ2n) is 5.21. The van der Waals surface area contributed by atoms with Crippen molar-refractivity contribution in [2.24, 2.45) is 5.41 Å². The largest absolute Gasteiger partial charge is 0.433 e. The average molecular weight is 255 g/mol. The molecular weight excluding hydrogens is 240 g/mol. The molecule has 1 fully saturated rings. The van der Waals surface area contributed by atoms with Gasteiger partial charge in [-0.25, -0.2) is 4.79 Å². The summed E-state index contributed by atoms with van der Waals surface area (Å²) in [5.41, 5.74) is 0.498. The van der Waals surface area contributed by atoms with Crippen LogP contribution in [0.3, 0.4) is 0 Å². The zero-order chi connectivity index (χ0) is 12.6. The van der Waals surface area contributed by atoms with E-state index in [9.17, 15) is 4.79 Å². The Labute approximate surface area is 106 Å². The molecule has 2 atom stereocenters. The lowest BCUT2D eigenvalue weighted by molar-refractivity contribution is -0.154.